The lowest BCUT2D eigenvalue weighted by Crippen LogP contribution is -2.58. The van der Waals surface area contributed by atoms with Gasteiger partial charge in [-0.2, -0.15) is 4.99 Å². The van der Waals surface area contributed by atoms with Crippen LogP contribution in [0.1, 0.15) is 38.5 Å². The van der Waals surface area contributed by atoms with Gasteiger partial charge >= 0.3 is 8.80 Å². The molecule has 1 aromatic carbocycles. The summed E-state index contributed by atoms with van der Waals surface area (Å²) in [5.41, 5.74) is 12.7. The number of nitrogens with two attached hydrogens (primary N) is 2. The van der Waals surface area contributed by atoms with Crippen molar-refractivity contribution in [2.24, 2.45) is 21.5 Å². The van der Waals surface area contributed by atoms with Crippen LogP contribution in [0.25, 0.3) is 0 Å². The molecule has 0 atom stereocenters. The SMILES string of the molecule is CO[Si](CCCOc1cccc(N2C(N)=NC(N)=NC23CCCCC3)c1)(OC)OC. The summed E-state index contributed by atoms with van der Waals surface area (Å²) in [4.78, 5) is 10.9. The Kier molecular flexibility index (Phi) is 7.35. The molecule has 9 nitrogen and oxygen atoms in total. The standard InChI is InChI=1S/C20H33N5O4Si/c1-26-30(27-2,28-3)14-8-13-29-17-10-7-9-16(15-17)25-19(22)23-18(21)24-20(25)11-5-4-6-12-20/h7,9-10,15H,4-6,8,11-14H2,1-3H3,(H4,21,22,23,24). The number of hydrogen-bond acceptors (Lipinski definition) is 9. The van der Waals surface area contributed by atoms with Gasteiger partial charge in [0, 0.05) is 39.1 Å². The van der Waals surface area contributed by atoms with E-state index in [1.165, 1.54) is 6.42 Å². The van der Waals surface area contributed by atoms with Crippen molar-refractivity contribution < 1.29 is 18.0 Å². The highest BCUT2D eigenvalue weighted by Gasteiger charge is 2.42. The van der Waals surface area contributed by atoms with Crippen molar-refractivity contribution in [1.29, 1.82) is 0 Å². The molecule has 0 unspecified atom stereocenters. The number of anilines is 1. The molecule has 1 spiro atoms. The zero-order valence-corrected chi connectivity index (χ0v) is 19.1. The molecule has 0 bridgehead atoms. The summed E-state index contributed by atoms with van der Waals surface area (Å²) < 4.78 is 22.3. The summed E-state index contributed by atoms with van der Waals surface area (Å²) in [6, 6.07) is 8.54. The lowest BCUT2D eigenvalue weighted by atomic mass is 9.87. The smallest absolute Gasteiger partial charge is 0.494 e. The predicted octanol–water partition coefficient (Wildman–Crippen LogP) is 2.44. The minimum Gasteiger partial charge on any atom is -0.494 e. The molecule has 1 aliphatic carbocycles. The van der Waals surface area contributed by atoms with Gasteiger partial charge in [0.05, 0.1) is 6.61 Å². The zero-order valence-electron chi connectivity index (χ0n) is 18.1. The van der Waals surface area contributed by atoms with Gasteiger partial charge in [0.15, 0.2) is 0 Å². The van der Waals surface area contributed by atoms with Crippen LogP contribution >= 0.6 is 0 Å². The number of ether oxygens (including phenoxy) is 1. The molecule has 1 saturated carbocycles. The molecule has 0 aromatic heterocycles. The molecule has 4 N–H and O–H groups in total. The first-order valence-corrected chi connectivity index (χ1v) is 12.3. The molecule has 0 amide bonds. The van der Waals surface area contributed by atoms with Crippen LogP contribution in [-0.4, -0.2) is 54.3 Å². The van der Waals surface area contributed by atoms with E-state index in [2.05, 4.69) is 4.99 Å². The first-order valence-electron chi connectivity index (χ1n) is 10.4. The van der Waals surface area contributed by atoms with Crippen LogP contribution < -0.4 is 21.1 Å². The lowest BCUT2D eigenvalue weighted by Gasteiger charge is -2.45. The van der Waals surface area contributed by atoms with Gasteiger partial charge in [0.25, 0.3) is 0 Å². The second kappa shape index (κ2) is 9.78. The van der Waals surface area contributed by atoms with Crippen LogP contribution in [0.4, 0.5) is 5.69 Å². The topological polar surface area (TPSA) is 117 Å². The summed E-state index contributed by atoms with van der Waals surface area (Å²) in [5, 5.41) is 0. The second-order valence-corrected chi connectivity index (χ2v) is 10.7. The molecule has 10 heteroatoms. The fourth-order valence-electron chi connectivity index (χ4n) is 4.24. The third kappa shape index (κ3) is 4.77. The molecule has 2 aliphatic rings. The molecule has 166 valence electrons. The Morgan fingerprint density at radius 2 is 1.77 bits per heavy atom. The van der Waals surface area contributed by atoms with E-state index in [0.29, 0.717) is 18.6 Å². The summed E-state index contributed by atoms with van der Waals surface area (Å²) >= 11 is 0. The first kappa shape index (κ1) is 22.5. The van der Waals surface area contributed by atoms with Crippen molar-refractivity contribution in [3.05, 3.63) is 24.3 Å². The van der Waals surface area contributed by atoms with E-state index in [-0.39, 0.29) is 5.96 Å². The summed E-state index contributed by atoms with van der Waals surface area (Å²) in [5.74, 6) is 1.38. The van der Waals surface area contributed by atoms with Crippen molar-refractivity contribution in [3.63, 3.8) is 0 Å². The minimum atomic E-state index is -2.58. The average Bonchev–Trinajstić information content (AvgIpc) is 2.75. The van der Waals surface area contributed by atoms with Gasteiger partial charge in [0.1, 0.15) is 11.4 Å². The first-order chi connectivity index (χ1) is 14.5. The molecule has 1 fully saturated rings. The van der Waals surface area contributed by atoms with E-state index in [1.54, 1.807) is 21.3 Å². The number of aliphatic imine (C=N–C) groups is 2. The predicted molar refractivity (Wildman–Crippen MR) is 120 cm³/mol. The van der Waals surface area contributed by atoms with Crippen molar-refractivity contribution in [2.75, 3.05) is 32.8 Å². The fourth-order valence-corrected chi connectivity index (χ4v) is 5.93. The zero-order chi connectivity index (χ0) is 21.6. The molecule has 1 heterocycles. The maximum Gasteiger partial charge on any atom is 0.500 e. The van der Waals surface area contributed by atoms with Crippen LogP contribution in [0, 0.1) is 0 Å². The number of nitrogens with zero attached hydrogens (tertiary/aromatic N) is 3. The highest BCUT2D eigenvalue weighted by atomic mass is 28.4. The monoisotopic (exact) mass is 435 g/mol. The van der Waals surface area contributed by atoms with Crippen LogP contribution in [0.15, 0.2) is 34.3 Å². The number of benzene rings is 1. The Hall–Kier alpha value is -2.14. The van der Waals surface area contributed by atoms with E-state index < -0.39 is 14.5 Å². The Balaban J connectivity index is 1.71. The van der Waals surface area contributed by atoms with Crippen LogP contribution in [0.2, 0.25) is 6.04 Å². The van der Waals surface area contributed by atoms with Crippen molar-refractivity contribution in [2.45, 2.75) is 50.2 Å². The van der Waals surface area contributed by atoms with Gasteiger partial charge in [-0.05, 0) is 44.2 Å². The van der Waals surface area contributed by atoms with E-state index in [0.717, 1.165) is 43.5 Å². The fraction of sp³-hybridized carbons (Fsp3) is 0.600. The third-order valence-corrected chi connectivity index (χ3v) is 8.59. The number of hydrogen-bond donors (Lipinski definition) is 2. The summed E-state index contributed by atoms with van der Waals surface area (Å²) in [6.45, 7) is 0.522. The number of guanidine groups is 2. The Morgan fingerprint density at radius 1 is 1.07 bits per heavy atom. The van der Waals surface area contributed by atoms with Crippen LogP contribution in [0.3, 0.4) is 0 Å². The molecule has 0 radical (unpaired) electrons. The minimum absolute atomic E-state index is 0.250. The van der Waals surface area contributed by atoms with Crippen molar-refractivity contribution in [3.8, 4) is 5.75 Å². The quantitative estimate of drug-likeness (QED) is 0.452. The average molecular weight is 436 g/mol. The van der Waals surface area contributed by atoms with Gasteiger partial charge in [0.2, 0.25) is 11.9 Å². The Morgan fingerprint density at radius 3 is 2.43 bits per heavy atom. The Labute approximate surface area is 179 Å². The van der Waals surface area contributed by atoms with Crippen molar-refractivity contribution >= 4 is 26.4 Å². The maximum absolute atomic E-state index is 6.31. The maximum atomic E-state index is 6.31. The van der Waals surface area contributed by atoms with Gasteiger partial charge in [-0.1, -0.05) is 12.5 Å². The molecule has 1 aromatic rings. The number of rotatable bonds is 9. The third-order valence-electron chi connectivity index (χ3n) is 5.76. The Bertz CT molecular complexity index is 770. The van der Waals surface area contributed by atoms with E-state index in [4.69, 9.17) is 34.5 Å². The molecular formula is C20H33N5O4Si. The van der Waals surface area contributed by atoms with Gasteiger partial charge in [-0.3, -0.25) is 4.90 Å². The molecule has 1 aliphatic heterocycles. The van der Waals surface area contributed by atoms with E-state index in [1.807, 2.05) is 29.2 Å². The largest absolute Gasteiger partial charge is 0.500 e. The normalized spacial score (nSPS) is 18.8. The van der Waals surface area contributed by atoms with Crippen LogP contribution in [-0.2, 0) is 13.3 Å². The van der Waals surface area contributed by atoms with Crippen molar-refractivity contribution in [1.82, 2.24) is 0 Å². The van der Waals surface area contributed by atoms with E-state index in [9.17, 15) is 0 Å². The summed E-state index contributed by atoms with van der Waals surface area (Å²) in [7, 11) is 2.26. The van der Waals surface area contributed by atoms with Gasteiger partial charge < -0.3 is 29.5 Å². The molecule has 0 saturated heterocycles. The molecule has 30 heavy (non-hydrogen) atoms. The van der Waals surface area contributed by atoms with E-state index >= 15 is 0 Å². The van der Waals surface area contributed by atoms with Crippen LogP contribution in [0.5, 0.6) is 5.75 Å². The van der Waals surface area contributed by atoms with Gasteiger partial charge in [-0.25, -0.2) is 4.99 Å². The lowest BCUT2D eigenvalue weighted by molar-refractivity contribution is 0.121. The second-order valence-electron chi connectivity index (χ2n) is 7.56. The molecular weight excluding hydrogens is 402 g/mol. The molecule has 3 rings (SSSR count). The highest BCUT2D eigenvalue weighted by Crippen LogP contribution is 2.40. The highest BCUT2D eigenvalue weighted by molar-refractivity contribution is 6.60. The van der Waals surface area contributed by atoms with Gasteiger partial charge in [-0.15, -0.1) is 0 Å². The summed E-state index contributed by atoms with van der Waals surface area (Å²) in [6.07, 6.45) is 5.91.